The predicted molar refractivity (Wildman–Crippen MR) is 84.4 cm³/mol. The van der Waals surface area contributed by atoms with Crippen molar-refractivity contribution in [2.24, 2.45) is 5.73 Å². The molecule has 0 saturated heterocycles. The van der Waals surface area contributed by atoms with Crippen molar-refractivity contribution < 1.29 is 4.74 Å². The molecule has 4 heteroatoms. The quantitative estimate of drug-likeness (QED) is 0.799. The number of pyridine rings is 1. The molecule has 1 aromatic carbocycles. The summed E-state index contributed by atoms with van der Waals surface area (Å²) in [5.74, 6) is 0.871. The van der Waals surface area contributed by atoms with E-state index in [2.05, 4.69) is 23.6 Å². The Balaban J connectivity index is 2.10. The Bertz CT molecular complexity index is 760. The summed E-state index contributed by atoms with van der Waals surface area (Å²) in [5.41, 5.74) is 11.1. The highest BCUT2D eigenvalue weighted by molar-refractivity contribution is 5.67. The molecule has 3 rings (SSSR count). The highest BCUT2D eigenvalue weighted by atomic mass is 16.5. The van der Waals surface area contributed by atoms with Crippen LogP contribution < -0.4 is 10.5 Å². The number of aromatic nitrogens is 2. The van der Waals surface area contributed by atoms with Crippen molar-refractivity contribution in [1.29, 1.82) is 0 Å². The Morgan fingerprint density at radius 2 is 1.90 bits per heavy atom. The highest BCUT2D eigenvalue weighted by Crippen LogP contribution is 2.26. The van der Waals surface area contributed by atoms with E-state index >= 15 is 0 Å². The van der Waals surface area contributed by atoms with Crippen molar-refractivity contribution in [1.82, 2.24) is 9.38 Å². The van der Waals surface area contributed by atoms with E-state index in [1.54, 1.807) is 0 Å². The van der Waals surface area contributed by atoms with Crippen LogP contribution in [0, 0.1) is 6.92 Å². The summed E-state index contributed by atoms with van der Waals surface area (Å²) >= 11 is 0. The van der Waals surface area contributed by atoms with Gasteiger partial charge in [-0.25, -0.2) is 4.98 Å². The second-order valence-corrected chi connectivity index (χ2v) is 5.00. The van der Waals surface area contributed by atoms with Gasteiger partial charge in [-0.3, -0.25) is 0 Å². The Morgan fingerprint density at radius 1 is 1.14 bits per heavy atom. The fourth-order valence-corrected chi connectivity index (χ4v) is 2.50. The molecule has 0 unspecified atom stereocenters. The van der Waals surface area contributed by atoms with Crippen LogP contribution in [0.3, 0.4) is 0 Å². The van der Waals surface area contributed by atoms with Crippen LogP contribution in [0.1, 0.15) is 18.2 Å². The summed E-state index contributed by atoms with van der Waals surface area (Å²) in [6.07, 6.45) is 2.07. The molecule has 0 spiro atoms. The van der Waals surface area contributed by atoms with Crippen LogP contribution in [0.2, 0.25) is 0 Å². The van der Waals surface area contributed by atoms with E-state index in [9.17, 15) is 0 Å². The third-order valence-electron chi connectivity index (χ3n) is 3.50. The first kappa shape index (κ1) is 13.6. The Labute approximate surface area is 124 Å². The van der Waals surface area contributed by atoms with Crippen molar-refractivity contribution in [3.8, 4) is 17.0 Å². The predicted octanol–water partition coefficient (Wildman–Crippen LogP) is 3.17. The van der Waals surface area contributed by atoms with Gasteiger partial charge in [-0.2, -0.15) is 0 Å². The molecule has 3 aromatic rings. The molecule has 0 aliphatic heterocycles. The topological polar surface area (TPSA) is 52.5 Å². The van der Waals surface area contributed by atoms with Gasteiger partial charge in [-0.15, -0.1) is 0 Å². The lowest BCUT2D eigenvalue weighted by molar-refractivity contribution is 0.340. The number of benzene rings is 1. The zero-order valence-electron chi connectivity index (χ0n) is 12.3. The number of nitrogens with zero attached hydrogens (tertiary/aromatic N) is 2. The molecule has 108 valence electrons. The van der Waals surface area contributed by atoms with Gasteiger partial charge in [0.2, 0.25) is 0 Å². The first-order valence-electron chi connectivity index (χ1n) is 7.14. The maximum Gasteiger partial charge on any atom is 0.137 e. The summed E-state index contributed by atoms with van der Waals surface area (Å²) in [4.78, 5) is 4.71. The smallest absolute Gasteiger partial charge is 0.137 e. The first-order valence-corrected chi connectivity index (χ1v) is 7.14. The van der Waals surface area contributed by atoms with E-state index in [0.717, 1.165) is 28.3 Å². The minimum Gasteiger partial charge on any atom is -0.494 e. The van der Waals surface area contributed by atoms with Gasteiger partial charge in [0.25, 0.3) is 0 Å². The molecular formula is C17H19N3O. The highest BCUT2D eigenvalue weighted by Gasteiger charge is 2.12. The lowest BCUT2D eigenvalue weighted by atomic mass is 10.1. The Hall–Kier alpha value is -2.33. The molecule has 2 heterocycles. The maximum atomic E-state index is 5.94. The number of nitrogens with two attached hydrogens (primary N) is 1. The van der Waals surface area contributed by atoms with E-state index in [1.807, 2.05) is 37.3 Å². The number of imidazole rings is 1. The number of rotatable bonds is 4. The molecular weight excluding hydrogens is 262 g/mol. The molecule has 0 bridgehead atoms. The average molecular weight is 281 g/mol. The Morgan fingerprint density at radius 3 is 2.57 bits per heavy atom. The summed E-state index contributed by atoms with van der Waals surface area (Å²) in [5, 5.41) is 0. The number of fused-ring (bicyclic) bond motifs is 1. The van der Waals surface area contributed by atoms with Crippen LogP contribution in [0.15, 0.2) is 42.6 Å². The van der Waals surface area contributed by atoms with Crippen molar-refractivity contribution in [2.45, 2.75) is 20.4 Å². The van der Waals surface area contributed by atoms with Crippen LogP contribution in [0.5, 0.6) is 5.75 Å². The van der Waals surface area contributed by atoms with Crippen LogP contribution in [0.25, 0.3) is 16.9 Å². The van der Waals surface area contributed by atoms with Crippen molar-refractivity contribution >= 4 is 5.65 Å². The SMILES string of the molecule is CCOc1ccc(-c2nc3ccc(C)cn3c2CN)cc1. The minimum absolute atomic E-state index is 0.452. The number of hydrogen-bond acceptors (Lipinski definition) is 3. The second kappa shape index (κ2) is 5.58. The molecule has 0 fully saturated rings. The van der Waals surface area contributed by atoms with Gasteiger partial charge in [0.05, 0.1) is 18.0 Å². The van der Waals surface area contributed by atoms with E-state index in [1.165, 1.54) is 5.56 Å². The van der Waals surface area contributed by atoms with E-state index in [4.69, 9.17) is 15.5 Å². The van der Waals surface area contributed by atoms with Crippen LogP contribution in [0.4, 0.5) is 0 Å². The Kier molecular flexibility index (Phi) is 3.62. The van der Waals surface area contributed by atoms with E-state index in [0.29, 0.717) is 13.2 Å². The number of ether oxygens (including phenoxy) is 1. The molecule has 21 heavy (non-hydrogen) atoms. The van der Waals surface area contributed by atoms with Gasteiger partial charge in [0.1, 0.15) is 11.4 Å². The molecule has 0 amide bonds. The van der Waals surface area contributed by atoms with Gasteiger partial charge < -0.3 is 14.9 Å². The van der Waals surface area contributed by atoms with Crippen LogP contribution in [-0.4, -0.2) is 16.0 Å². The number of hydrogen-bond donors (Lipinski definition) is 1. The molecule has 0 aliphatic carbocycles. The third-order valence-corrected chi connectivity index (χ3v) is 3.50. The third kappa shape index (κ3) is 2.50. The second-order valence-electron chi connectivity index (χ2n) is 5.00. The van der Waals surface area contributed by atoms with Crippen molar-refractivity contribution in [3.05, 3.63) is 53.9 Å². The molecule has 0 saturated carbocycles. The molecule has 0 aliphatic rings. The van der Waals surface area contributed by atoms with E-state index in [-0.39, 0.29) is 0 Å². The maximum absolute atomic E-state index is 5.94. The fourth-order valence-electron chi connectivity index (χ4n) is 2.50. The monoisotopic (exact) mass is 281 g/mol. The first-order chi connectivity index (χ1) is 10.2. The lowest BCUT2D eigenvalue weighted by Gasteiger charge is -2.05. The standard InChI is InChI=1S/C17H19N3O/c1-3-21-14-7-5-13(6-8-14)17-15(10-18)20-11-12(2)4-9-16(20)19-17/h4-9,11H,3,10,18H2,1-2H3. The average Bonchev–Trinajstić information content (AvgIpc) is 2.86. The molecule has 0 atom stereocenters. The molecule has 0 radical (unpaired) electrons. The summed E-state index contributed by atoms with van der Waals surface area (Å²) < 4.78 is 7.55. The number of aryl methyl sites for hydroxylation is 1. The lowest BCUT2D eigenvalue weighted by Crippen LogP contribution is -2.02. The largest absolute Gasteiger partial charge is 0.494 e. The zero-order chi connectivity index (χ0) is 14.8. The minimum atomic E-state index is 0.452. The summed E-state index contributed by atoms with van der Waals surface area (Å²) in [6.45, 7) is 5.16. The van der Waals surface area contributed by atoms with Crippen LogP contribution in [-0.2, 0) is 6.54 Å². The molecule has 4 nitrogen and oxygen atoms in total. The fraction of sp³-hybridized carbons (Fsp3) is 0.235. The van der Waals surface area contributed by atoms with Crippen molar-refractivity contribution in [3.63, 3.8) is 0 Å². The zero-order valence-corrected chi connectivity index (χ0v) is 12.3. The van der Waals surface area contributed by atoms with Gasteiger partial charge >= 0.3 is 0 Å². The van der Waals surface area contributed by atoms with Gasteiger partial charge in [0.15, 0.2) is 0 Å². The summed E-state index contributed by atoms with van der Waals surface area (Å²) in [7, 11) is 0. The van der Waals surface area contributed by atoms with Gasteiger partial charge in [0, 0.05) is 18.3 Å². The van der Waals surface area contributed by atoms with Gasteiger partial charge in [-0.05, 0) is 49.7 Å². The summed E-state index contributed by atoms with van der Waals surface area (Å²) in [6, 6.07) is 12.1. The van der Waals surface area contributed by atoms with E-state index < -0.39 is 0 Å². The molecule has 2 aromatic heterocycles. The normalized spacial score (nSPS) is 11.0. The van der Waals surface area contributed by atoms with Crippen molar-refractivity contribution in [2.75, 3.05) is 6.61 Å². The van der Waals surface area contributed by atoms with Gasteiger partial charge in [-0.1, -0.05) is 6.07 Å². The van der Waals surface area contributed by atoms with Crippen LogP contribution >= 0.6 is 0 Å². The molecule has 2 N–H and O–H groups in total.